The highest BCUT2D eigenvalue weighted by Crippen LogP contribution is 2.54. The van der Waals surface area contributed by atoms with Crippen molar-refractivity contribution >= 4 is 11.8 Å². The van der Waals surface area contributed by atoms with E-state index in [1.807, 2.05) is 0 Å². The lowest BCUT2D eigenvalue weighted by Crippen LogP contribution is -2.89. The summed E-state index contributed by atoms with van der Waals surface area (Å²) in [5, 5.41) is 153. The van der Waals surface area contributed by atoms with Gasteiger partial charge in [0.25, 0.3) is 0 Å². The van der Waals surface area contributed by atoms with Crippen molar-refractivity contribution in [3.63, 3.8) is 0 Å². The molecule has 5 saturated heterocycles. The number of carbonyl (C=O) groups is 2. The maximum atomic E-state index is 12.4. The average molecular weight is 810 g/mol. The highest BCUT2D eigenvalue weighted by Gasteiger charge is 2.78. The highest BCUT2D eigenvalue weighted by atomic mass is 17.0. The second kappa shape index (κ2) is 15.6. The van der Waals surface area contributed by atoms with Crippen molar-refractivity contribution in [1.29, 1.82) is 0 Å². The first-order valence-electron chi connectivity index (χ1n) is 16.7. The van der Waals surface area contributed by atoms with Crippen molar-refractivity contribution in [2.75, 3.05) is 26.4 Å². The molecule has 5 rings (SSSR count). The van der Waals surface area contributed by atoms with Crippen LogP contribution in [0.25, 0.3) is 0 Å². The van der Waals surface area contributed by atoms with Gasteiger partial charge in [0.2, 0.25) is 23.5 Å². The molecule has 5 fully saturated rings. The van der Waals surface area contributed by atoms with Crippen LogP contribution in [0.2, 0.25) is 0 Å². The van der Waals surface area contributed by atoms with E-state index >= 15 is 0 Å². The minimum Gasteiger partial charge on any atom is -0.394 e. The second-order valence-electron chi connectivity index (χ2n) is 13.7. The van der Waals surface area contributed by atoms with Crippen LogP contribution in [0.3, 0.4) is 0 Å². The first kappa shape index (κ1) is 44.1. The van der Waals surface area contributed by atoms with E-state index in [0.717, 1.165) is 13.8 Å². The summed E-state index contributed by atoms with van der Waals surface area (Å²) in [5.74, 6) is -16.9. The molecule has 2 spiro atoms. The molecule has 0 unspecified atom stereocenters. The Bertz CT molecular complexity index is 1390. The molecular formula is C28H47N3O24. The molecule has 0 aromatic heterocycles. The van der Waals surface area contributed by atoms with Crippen LogP contribution in [-0.4, -0.2) is 231 Å². The van der Waals surface area contributed by atoms with Gasteiger partial charge in [-0.1, -0.05) is 0 Å². The van der Waals surface area contributed by atoms with E-state index in [9.17, 15) is 81.1 Å². The SMILES string of the molecule is CC(=O)N[C@@H]1[C@@H](O)[C@H](O[C@@]2(O)O[C@H](CO)[C@@H](O)[C@H](O[C@@]3(O)O[C@H](CO)[C@@H](O)[C@H](O)[C@@H]3O)[C@@H]2O)[C@@H](CO)OC12OC1(O2)[C@H](O)[C@@H](NC(C)=O)[C@@](N)(O)O[C@@H]1CO. The first-order chi connectivity index (χ1) is 25.5. The van der Waals surface area contributed by atoms with Crippen LogP contribution in [-0.2, 0) is 47.5 Å². The zero-order valence-electron chi connectivity index (χ0n) is 28.9. The molecule has 18 N–H and O–H groups in total. The molecule has 0 bridgehead atoms. The first-order valence-corrected chi connectivity index (χ1v) is 16.7. The number of hydrogen-bond acceptors (Lipinski definition) is 25. The Labute approximate surface area is 308 Å². The minimum atomic E-state index is -3.56. The average Bonchev–Trinajstić information content (AvgIpc) is 3.10. The minimum absolute atomic E-state index is 0.833. The van der Waals surface area contributed by atoms with E-state index in [0.29, 0.717) is 0 Å². The van der Waals surface area contributed by atoms with Crippen LogP contribution in [0.5, 0.6) is 0 Å². The normalized spacial score (nSPS) is 52.8. The van der Waals surface area contributed by atoms with Crippen molar-refractivity contribution in [3.8, 4) is 0 Å². The number of aliphatic hydroxyl groups excluding tert-OH is 11. The highest BCUT2D eigenvalue weighted by molar-refractivity contribution is 5.74. The van der Waals surface area contributed by atoms with Crippen molar-refractivity contribution in [2.45, 2.75) is 135 Å². The quantitative estimate of drug-likeness (QED) is 0.0911. The summed E-state index contributed by atoms with van der Waals surface area (Å²) < 4.78 is 43.5. The number of nitrogens with one attached hydrogen (secondary N) is 2. The van der Waals surface area contributed by atoms with Gasteiger partial charge in [-0.25, -0.2) is 0 Å². The fraction of sp³-hybridized carbons (Fsp3) is 0.929. The second-order valence-corrected chi connectivity index (χ2v) is 13.7. The van der Waals surface area contributed by atoms with E-state index in [1.165, 1.54) is 0 Å². The van der Waals surface area contributed by atoms with Crippen LogP contribution in [0.1, 0.15) is 13.8 Å². The third kappa shape index (κ3) is 7.47. The molecule has 0 aliphatic carbocycles. The van der Waals surface area contributed by atoms with Gasteiger partial charge in [0.05, 0.1) is 26.4 Å². The number of nitrogens with two attached hydrogens (primary N) is 1. The zero-order valence-corrected chi connectivity index (χ0v) is 28.9. The Balaban J connectivity index is 1.44. The molecule has 2 amide bonds. The zero-order chi connectivity index (χ0) is 41.2. The molecule has 5 aliphatic heterocycles. The lowest BCUT2D eigenvalue weighted by molar-refractivity contribution is -0.647. The van der Waals surface area contributed by atoms with Gasteiger partial charge < -0.3 is 111 Å². The van der Waals surface area contributed by atoms with Crippen LogP contribution in [0.15, 0.2) is 0 Å². The molecule has 18 atom stereocenters. The van der Waals surface area contributed by atoms with Crippen LogP contribution < -0.4 is 16.4 Å². The third-order valence-electron chi connectivity index (χ3n) is 9.80. The van der Waals surface area contributed by atoms with Gasteiger partial charge in [-0.2, -0.15) is 0 Å². The number of amides is 2. The largest absolute Gasteiger partial charge is 0.394 e. The number of rotatable bonds is 10. The lowest BCUT2D eigenvalue weighted by Gasteiger charge is -2.66. The van der Waals surface area contributed by atoms with Gasteiger partial charge in [-0.3, -0.25) is 24.8 Å². The van der Waals surface area contributed by atoms with Crippen LogP contribution in [0.4, 0.5) is 0 Å². The van der Waals surface area contributed by atoms with E-state index in [-0.39, 0.29) is 0 Å². The molecule has 318 valence electrons. The van der Waals surface area contributed by atoms with Gasteiger partial charge in [0, 0.05) is 13.8 Å². The fourth-order valence-corrected chi connectivity index (χ4v) is 7.08. The predicted molar refractivity (Wildman–Crippen MR) is 162 cm³/mol. The summed E-state index contributed by atoms with van der Waals surface area (Å²) in [7, 11) is 0. The molecule has 0 aromatic carbocycles. The molecule has 27 heteroatoms. The van der Waals surface area contributed by atoms with E-state index in [2.05, 4.69) is 10.6 Å². The summed E-state index contributed by atoms with van der Waals surface area (Å²) in [4.78, 5) is 24.2. The third-order valence-corrected chi connectivity index (χ3v) is 9.80. The number of hydrogen-bond donors (Lipinski definition) is 17. The lowest BCUT2D eigenvalue weighted by atomic mass is 9.86. The Kier molecular flexibility index (Phi) is 12.6. The number of carbonyl (C=O) groups excluding carboxylic acids is 2. The van der Waals surface area contributed by atoms with E-state index in [4.69, 9.17) is 43.6 Å². The van der Waals surface area contributed by atoms with E-state index < -0.39 is 159 Å². The summed E-state index contributed by atoms with van der Waals surface area (Å²) in [6.07, 6.45) is -28.5. The summed E-state index contributed by atoms with van der Waals surface area (Å²) >= 11 is 0. The smallest absolute Gasteiger partial charge is 0.312 e. The maximum Gasteiger partial charge on any atom is 0.312 e. The predicted octanol–water partition coefficient (Wildman–Crippen LogP) is -11.8. The van der Waals surface area contributed by atoms with Crippen molar-refractivity contribution < 1.29 is 119 Å². The maximum absolute atomic E-state index is 12.4. The van der Waals surface area contributed by atoms with Crippen LogP contribution >= 0.6 is 0 Å². The van der Waals surface area contributed by atoms with Crippen LogP contribution in [0, 0.1) is 0 Å². The van der Waals surface area contributed by atoms with Gasteiger partial charge >= 0.3 is 17.9 Å². The summed E-state index contributed by atoms with van der Waals surface area (Å²) in [5.41, 5.74) is 5.71. The summed E-state index contributed by atoms with van der Waals surface area (Å²) in [6.45, 7) is -2.58. The molecule has 5 aliphatic rings. The Morgan fingerprint density at radius 3 is 1.60 bits per heavy atom. The molecule has 27 nitrogen and oxygen atoms in total. The van der Waals surface area contributed by atoms with Gasteiger partial charge in [-0.05, 0) is 0 Å². The van der Waals surface area contributed by atoms with Gasteiger partial charge in [0.1, 0.15) is 79.2 Å². The topological polar surface area (TPSA) is 441 Å². The Morgan fingerprint density at radius 2 is 1.09 bits per heavy atom. The Morgan fingerprint density at radius 1 is 0.600 bits per heavy atom. The molecule has 0 saturated carbocycles. The van der Waals surface area contributed by atoms with E-state index in [1.54, 1.807) is 0 Å². The van der Waals surface area contributed by atoms with Crippen molar-refractivity contribution in [2.24, 2.45) is 5.73 Å². The summed E-state index contributed by atoms with van der Waals surface area (Å²) in [6, 6.07) is -3.92. The van der Waals surface area contributed by atoms with Crippen molar-refractivity contribution in [3.05, 3.63) is 0 Å². The van der Waals surface area contributed by atoms with Crippen molar-refractivity contribution in [1.82, 2.24) is 10.6 Å². The Hall–Kier alpha value is -1.98. The molecule has 55 heavy (non-hydrogen) atoms. The van der Waals surface area contributed by atoms with Gasteiger partial charge in [0.15, 0.2) is 12.2 Å². The number of ether oxygens (including phenoxy) is 8. The fourth-order valence-electron chi connectivity index (χ4n) is 7.08. The molecule has 0 radical (unpaired) electrons. The molecule has 0 aromatic rings. The molecular weight excluding hydrogens is 762 g/mol. The monoisotopic (exact) mass is 809 g/mol. The molecule has 5 heterocycles. The van der Waals surface area contributed by atoms with Gasteiger partial charge in [-0.15, -0.1) is 0 Å². The number of aliphatic hydroxyl groups is 14. The standard InChI is InChI=1S/C28H47N3O24/c1-7(36)30-19-16(41)17(11(5-34)50-28(19)54-24(55-28)12(6-35)51-25(29,45)20(23(24)44)31-8(2)37)52-27(47)22(43)18(14(39)10(4-33)49-27)53-26(46)21(42)15(40)13(38)9(3-32)48-26/h9-23,32-35,38-47H,3-6,29H2,1-2H3,(H,30,36)(H,31,37)/t9-,10-,11-,12-,13-,14-,15+,16+,17-,18+,19-,20-,21+,22+,23-,24?,25-,26+,27+,28?/m1/s1.